The number of rotatable bonds is 2. The van der Waals surface area contributed by atoms with E-state index in [2.05, 4.69) is 0 Å². The van der Waals surface area contributed by atoms with Crippen LogP contribution < -0.4 is 5.73 Å². The van der Waals surface area contributed by atoms with Crippen molar-refractivity contribution in [2.75, 3.05) is 6.61 Å². The lowest BCUT2D eigenvalue weighted by Crippen LogP contribution is -2.44. The van der Waals surface area contributed by atoms with E-state index < -0.39 is 5.54 Å². The molecule has 3 heteroatoms. The Hall–Kier alpha value is -0.570. The minimum absolute atomic E-state index is 0.227. The normalized spacial score (nSPS) is 32.4. The molecular formula is C7H13NO2. The van der Waals surface area contributed by atoms with Gasteiger partial charge in [0, 0.05) is 6.42 Å². The molecule has 0 aliphatic carbocycles. The first kappa shape index (κ1) is 7.54. The third-order valence-electron chi connectivity index (χ3n) is 1.88. The maximum Gasteiger partial charge on any atom is 0.326 e. The second kappa shape index (κ2) is 2.58. The van der Waals surface area contributed by atoms with Crippen LogP contribution >= 0.6 is 0 Å². The predicted octanol–water partition coefficient (Wildman–Crippen LogP) is 0.431. The summed E-state index contributed by atoms with van der Waals surface area (Å²) in [5.74, 6) is -0.227. The lowest BCUT2D eigenvalue weighted by Gasteiger charge is -2.16. The summed E-state index contributed by atoms with van der Waals surface area (Å²) in [6, 6.07) is 0. The van der Waals surface area contributed by atoms with E-state index in [4.69, 9.17) is 10.5 Å². The molecule has 10 heavy (non-hydrogen) atoms. The van der Waals surface area contributed by atoms with Crippen LogP contribution in [0.5, 0.6) is 0 Å². The van der Waals surface area contributed by atoms with E-state index in [9.17, 15) is 4.79 Å². The van der Waals surface area contributed by atoms with Gasteiger partial charge in [-0.2, -0.15) is 0 Å². The van der Waals surface area contributed by atoms with Crippen LogP contribution in [-0.2, 0) is 9.53 Å². The molecule has 1 rings (SSSR count). The van der Waals surface area contributed by atoms with Crippen LogP contribution in [0, 0.1) is 0 Å². The zero-order valence-electron chi connectivity index (χ0n) is 6.22. The van der Waals surface area contributed by atoms with Gasteiger partial charge in [-0.15, -0.1) is 0 Å². The van der Waals surface area contributed by atoms with Gasteiger partial charge in [0.05, 0.1) is 6.61 Å². The van der Waals surface area contributed by atoms with E-state index in [1.54, 1.807) is 0 Å². The van der Waals surface area contributed by atoms with E-state index in [1.165, 1.54) is 0 Å². The van der Waals surface area contributed by atoms with Crippen LogP contribution in [0.1, 0.15) is 26.2 Å². The van der Waals surface area contributed by atoms with Crippen LogP contribution in [-0.4, -0.2) is 18.1 Å². The van der Waals surface area contributed by atoms with Crippen molar-refractivity contribution in [1.82, 2.24) is 0 Å². The van der Waals surface area contributed by atoms with Crippen molar-refractivity contribution in [3.8, 4) is 0 Å². The summed E-state index contributed by atoms with van der Waals surface area (Å²) in [6.07, 6.45) is 2.36. The maximum absolute atomic E-state index is 10.9. The van der Waals surface area contributed by atoms with Crippen molar-refractivity contribution in [1.29, 1.82) is 0 Å². The van der Waals surface area contributed by atoms with Gasteiger partial charge in [-0.3, -0.25) is 4.79 Å². The van der Waals surface area contributed by atoms with Gasteiger partial charge in [0.25, 0.3) is 0 Å². The Morgan fingerprint density at radius 3 is 2.90 bits per heavy atom. The number of hydrogen-bond donors (Lipinski definition) is 1. The zero-order chi connectivity index (χ0) is 7.61. The number of carbonyl (C=O) groups is 1. The molecule has 0 aromatic heterocycles. The van der Waals surface area contributed by atoms with Gasteiger partial charge in [0.2, 0.25) is 0 Å². The quantitative estimate of drug-likeness (QED) is 0.570. The van der Waals surface area contributed by atoms with E-state index in [0.29, 0.717) is 13.0 Å². The van der Waals surface area contributed by atoms with Crippen molar-refractivity contribution >= 4 is 5.97 Å². The molecule has 1 atom stereocenters. The molecule has 1 unspecified atom stereocenters. The SMILES string of the molecule is CCCC1(N)CCOC1=O. The molecular weight excluding hydrogens is 130 g/mol. The molecule has 0 amide bonds. The van der Waals surface area contributed by atoms with Crippen molar-refractivity contribution in [3.63, 3.8) is 0 Å². The Morgan fingerprint density at radius 2 is 2.50 bits per heavy atom. The van der Waals surface area contributed by atoms with Crippen LogP contribution in [0.3, 0.4) is 0 Å². The Bertz CT molecular complexity index is 147. The van der Waals surface area contributed by atoms with E-state index in [-0.39, 0.29) is 5.97 Å². The van der Waals surface area contributed by atoms with E-state index in [0.717, 1.165) is 12.8 Å². The van der Waals surface area contributed by atoms with Crippen LogP contribution in [0.2, 0.25) is 0 Å². The Morgan fingerprint density at radius 1 is 1.80 bits per heavy atom. The fourth-order valence-electron chi connectivity index (χ4n) is 1.24. The second-order valence-electron chi connectivity index (χ2n) is 2.79. The van der Waals surface area contributed by atoms with Crippen molar-refractivity contribution in [2.24, 2.45) is 5.73 Å². The van der Waals surface area contributed by atoms with Gasteiger partial charge in [-0.1, -0.05) is 13.3 Å². The summed E-state index contributed by atoms with van der Waals surface area (Å²) in [4.78, 5) is 10.9. The molecule has 0 spiro atoms. The summed E-state index contributed by atoms with van der Waals surface area (Å²) in [5, 5.41) is 0. The number of esters is 1. The topological polar surface area (TPSA) is 52.3 Å². The molecule has 0 radical (unpaired) electrons. The average molecular weight is 143 g/mol. The average Bonchev–Trinajstić information content (AvgIpc) is 2.15. The molecule has 0 aromatic rings. The molecule has 1 aliphatic heterocycles. The third-order valence-corrected chi connectivity index (χ3v) is 1.88. The Kier molecular flexibility index (Phi) is 1.94. The molecule has 58 valence electrons. The lowest BCUT2D eigenvalue weighted by molar-refractivity contribution is -0.142. The minimum Gasteiger partial charge on any atom is -0.464 e. The number of hydrogen-bond acceptors (Lipinski definition) is 3. The number of carbonyl (C=O) groups excluding carboxylic acids is 1. The lowest BCUT2D eigenvalue weighted by atomic mass is 9.94. The summed E-state index contributed by atoms with van der Waals surface area (Å²) in [7, 11) is 0. The standard InChI is InChI=1S/C7H13NO2/c1-2-3-7(8)4-5-10-6(7)9/h2-5,8H2,1H3. The van der Waals surface area contributed by atoms with Crippen LogP contribution in [0.4, 0.5) is 0 Å². The summed E-state index contributed by atoms with van der Waals surface area (Å²) in [5.41, 5.74) is 5.08. The van der Waals surface area contributed by atoms with Gasteiger partial charge in [0.15, 0.2) is 0 Å². The molecule has 0 bridgehead atoms. The highest BCUT2D eigenvalue weighted by Gasteiger charge is 2.39. The Balaban J connectivity index is 2.57. The zero-order valence-corrected chi connectivity index (χ0v) is 6.22. The van der Waals surface area contributed by atoms with Gasteiger partial charge in [-0.05, 0) is 6.42 Å². The molecule has 1 fully saturated rings. The highest BCUT2D eigenvalue weighted by Crippen LogP contribution is 2.21. The maximum atomic E-state index is 10.9. The van der Waals surface area contributed by atoms with Crippen LogP contribution in [0.15, 0.2) is 0 Å². The van der Waals surface area contributed by atoms with Gasteiger partial charge in [0.1, 0.15) is 5.54 Å². The Labute approximate surface area is 60.5 Å². The highest BCUT2D eigenvalue weighted by molar-refractivity contribution is 5.82. The molecule has 1 aliphatic rings. The second-order valence-corrected chi connectivity index (χ2v) is 2.79. The third kappa shape index (κ3) is 1.14. The first-order chi connectivity index (χ1) is 4.69. The van der Waals surface area contributed by atoms with Crippen LogP contribution in [0.25, 0.3) is 0 Å². The van der Waals surface area contributed by atoms with Gasteiger partial charge < -0.3 is 10.5 Å². The smallest absolute Gasteiger partial charge is 0.326 e. The first-order valence-corrected chi connectivity index (χ1v) is 3.65. The molecule has 1 saturated heterocycles. The van der Waals surface area contributed by atoms with E-state index >= 15 is 0 Å². The monoisotopic (exact) mass is 143 g/mol. The summed E-state index contributed by atoms with van der Waals surface area (Å²) < 4.78 is 4.76. The van der Waals surface area contributed by atoms with Crippen molar-refractivity contribution in [3.05, 3.63) is 0 Å². The predicted molar refractivity (Wildman–Crippen MR) is 37.4 cm³/mol. The molecule has 0 aromatic carbocycles. The summed E-state index contributed by atoms with van der Waals surface area (Å²) in [6.45, 7) is 2.51. The fourth-order valence-corrected chi connectivity index (χ4v) is 1.24. The highest BCUT2D eigenvalue weighted by atomic mass is 16.5. The van der Waals surface area contributed by atoms with Gasteiger partial charge >= 0.3 is 5.97 Å². The molecule has 3 nitrogen and oxygen atoms in total. The number of cyclic esters (lactones) is 1. The largest absolute Gasteiger partial charge is 0.464 e. The summed E-state index contributed by atoms with van der Waals surface area (Å²) >= 11 is 0. The fraction of sp³-hybridized carbons (Fsp3) is 0.857. The van der Waals surface area contributed by atoms with Crippen molar-refractivity contribution in [2.45, 2.75) is 31.7 Å². The van der Waals surface area contributed by atoms with Gasteiger partial charge in [-0.25, -0.2) is 0 Å². The molecule has 1 heterocycles. The number of nitrogens with two attached hydrogens (primary N) is 1. The minimum atomic E-state index is -0.658. The van der Waals surface area contributed by atoms with E-state index in [1.807, 2.05) is 6.92 Å². The van der Waals surface area contributed by atoms with Crippen molar-refractivity contribution < 1.29 is 9.53 Å². The number of ether oxygens (including phenoxy) is 1. The first-order valence-electron chi connectivity index (χ1n) is 3.65. The molecule has 0 saturated carbocycles. The molecule has 2 N–H and O–H groups in total.